The van der Waals surface area contributed by atoms with Crippen LogP contribution in [0.5, 0.6) is 5.88 Å². The summed E-state index contributed by atoms with van der Waals surface area (Å²) in [4.78, 5) is 5.61. The molecule has 3 nitrogen and oxygen atoms in total. The first-order valence-corrected chi connectivity index (χ1v) is 6.65. The molecule has 1 aromatic heterocycles. The van der Waals surface area contributed by atoms with Crippen LogP contribution in [0, 0.1) is 6.92 Å². The van der Waals surface area contributed by atoms with Crippen molar-refractivity contribution in [1.82, 2.24) is 4.98 Å². The molecule has 4 heteroatoms. The molecular weight excluding hydrogens is 244 g/mol. The zero-order chi connectivity index (χ0) is 13.0. The first-order chi connectivity index (χ1) is 8.70. The van der Waals surface area contributed by atoms with Gasteiger partial charge in [-0.1, -0.05) is 30.0 Å². The minimum atomic E-state index is 0.510. The molecule has 2 aromatic rings. The van der Waals surface area contributed by atoms with Crippen LogP contribution in [-0.2, 0) is 0 Å². The van der Waals surface area contributed by atoms with Crippen molar-refractivity contribution in [3.05, 3.63) is 42.0 Å². The number of benzene rings is 1. The quantitative estimate of drug-likeness (QED) is 0.913. The fourth-order valence-electron chi connectivity index (χ4n) is 1.53. The van der Waals surface area contributed by atoms with Crippen LogP contribution in [0.1, 0.15) is 12.5 Å². The summed E-state index contributed by atoms with van der Waals surface area (Å²) >= 11 is 1.62. The van der Waals surface area contributed by atoms with Crippen molar-refractivity contribution in [2.45, 2.75) is 23.8 Å². The third-order valence-corrected chi connectivity index (χ3v) is 3.57. The summed E-state index contributed by atoms with van der Waals surface area (Å²) < 4.78 is 5.40. The van der Waals surface area contributed by atoms with Gasteiger partial charge in [-0.05, 0) is 37.6 Å². The lowest BCUT2D eigenvalue weighted by Gasteiger charge is -2.08. The van der Waals surface area contributed by atoms with E-state index in [1.165, 1.54) is 10.5 Å². The molecule has 0 radical (unpaired) electrons. The fourth-order valence-corrected chi connectivity index (χ4v) is 2.39. The minimum Gasteiger partial charge on any atom is -0.476 e. The standard InChI is InChI=1S/C14H16N2OS/c1-3-17-14-11(15)8-9-13(16-14)18-12-7-5-4-6-10(12)2/h4-9H,3,15H2,1-2H3. The summed E-state index contributed by atoms with van der Waals surface area (Å²) in [5, 5.41) is 0.891. The van der Waals surface area contributed by atoms with Crippen LogP contribution in [0.2, 0.25) is 0 Å². The molecule has 0 fully saturated rings. The molecule has 0 saturated carbocycles. The van der Waals surface area contributed by atoms with Crippen molar-refractivity contribution in [2.24, 2.45) is 0 Å². The van der Waals surface area contributed by atoms with Crippen molar-refractivity contribution in [3.63, 3.8) is 0 Å². The predicted octanol–water partition coefficient (Wildman–Crippen LogP) is 3.52. The number of ether oxygens (including phenoxy) is 1. The third kappa shape index (κ3) is 2.96. The topological polar surface area (TPSA) is 48.1 Å². The van der Waals surface area contributed by atoms with Crippen LogP contribution in [0.4, 0.5) is 5.69 Å². The molecule has 2 rings (SSSR count). The highest BCUT2D eigenvalue weighted by molar-refractivity contribution is 7.99. The number of anilines is 1. The maximum absolute atomic E-state index is 5.80. The van der Waals surface area contributed by atoms with E-state index in [1.807, 2.05) is 31.2 Å². The Kier molecular flexibility index (Phi) is 4.10. The van der Waals surface area contributed by atoms with Crippen LogP contribution in [0.3, 0.4) is 0 Å². The van der Waals surface area contributed by atoms with Gasteiger partial charge in [0, 0.05) is 4.90 Å². The molecular formula is C14H16N2OS. The van der Waals surface area contributed by atoms with Crippen molar-refractivity contribution < 1.29 is 4.74 Å². The summed E-state index contributed by atoms with van der Waals surface area (Å²) in [7, 11) is 0. The largest absolute Gasteiger partial charge is 0.476 e. The lowest BCUT2D eigenvalue weighted by Crippen LogP contribution is -1.99. The lowest BCUT2D eigenvalue weighted by atomic mass is 10.2. The first kappa shape index (κ1) is 12.8. The highest BCUT2D eigenvalue weighted by Crippen LogP contribution is 2.31. The zero-order valence-electron chi connectivity index (χ0n) is 10.5. The molecule has 18 heavy (non-hydrogen) atoms. The predicted molar refractivity (Wildman–Crippen MR) is 75.1 cm³/mol. The zero-order valence-corrected chi connectivity index (χ0v) is 11.3. The number of hydrogen-bond acceptors (Lipinski definition) is 4. The van der Waals surface area contributed by atoms with Crippen LogP contribution in [-0.4, -0.2) is 11.6 Å². The number of pyridine rings is 1. The van der Waals surface area contributed by atoms with Gasteiger partial charge < -0.3 is 10.5 Å². The number of aryl methyl sites for hydroxylation is 1. The normalized spacial score (nSPS) is 10.3. The number of hydrogen-bond donors (Lipinski definition) is 1. The molecule has 0 amide bonds. The Labute approximate surface area is 111 Å². The van der Waals surface area contributed by atoms with Gasteiger partial charge in [0.25, 0.3) is 0 Å². The Bertz CT molecular complexity index is 543. The van der Waals surface area contributed by atoms with Gasteiger partial charge in [0.1, 0.15) is 5.03 Å². The molecule has 0 saturated heterocycles. The van der Waals surface area contributed by atoms with E-state index in [0.717, 1.165) is 5.03 Å². The Hall–Kier alpha value is -1.68. The Balaban J connectivity index is 2.24. The number of nitrogen functional groups attached to an aromatic ring is 1. The number of nitrogens with zero attached hydrogens (tertiary/aromatic N) is 1. The molecule has 0 aliphatic carbocycles. The van der Waals surface area contributed by atoms with Gasteiger partial charge in [0.05, 0.1) is 12.3 Å². The number of aromatic nitrogens is 1. The fraction of sp³-hybridized carbons (Fsp3) is 0.214. The highest BCUT2D eigenvalue weighted by atomic mass is 32.2. The summed E-state index contributed by atoms with van der Waals surface area (Å²) in [6.07, 6.45) is 0. The highest BCUT2D eigenvalue weighted by Gasteiger charge is 2.06. The first-order valence-electron chi connectivity index (χ1n) is 5.83. The molecule has 0 bridgehead atoms. The summed E-state index contributed by atoms with van der Waals surface area (Å²) in [6.45, 7) is 4.57. The molecule has 0 aliphatic rings. The van der Waals surface area contributed by atoms with Crippen LogP contribution >= 0.6 is 11.8 Å². The van der Waals surface area contributed by atoms with Crippen molar-refractivity contribution in [3.8, 4) is 5.88 Å². The molecule has 1 heterocycles. The number of rotatable bonds is 4. The van der Waals surface area contributed by atoms with E-state index >= 15 is 0 Å². The van der Waals surface area contributed by atoms with E-state index in [2.05, 4.69) is 24.0 Å². The van der Waals surface area contributed by atoms with Crippen molar-refractivity contribution in [2.75, 3.05) is 12.3 Å². The lowest BCUT2D eigenvalue weighted by molar-refractivity contribution is 0.326. The van der Waals surface area contributed by atoms with Gasteiger partial charge in [-0.2, -0.15) is 0 Å². The van der Waals surface area contributed by atoms with Gasteiger partial charge in [-0.3, -0.25) is 0 Å². The van der Waals surface area contributed by atoms with Crippen LogP contribution in [0.25, 0.3) is 0 Å². The van der Waals surface area contributed by atoms with Crippen molar-refractivity contribution >= 4 is 17.4 Å². The Morgan fingerprint density at radius 1 is 1.22 bits per heavy atom. The van der Waals surface area contributed by atoms with E-state index in [-0.39, 0.29) is 0 Å². The average molecular weight is 260 g/mol. The van der Waals surface area contributed by atoms with Crippen molar-refractivity contribution in [1.29, 1.82) is 0 Å². The molecule has 0 aliphatic heterocycles. The van der Waals surface area contributed by atoms with Gasteiger partial charge in [0.15, 0.2) is 0 Å². The summed E-state index contributed by atoms with van der Waals surface area (Å²) in [6, 6.07) is 12.0. The van der Waals surface area contributed by atoms with Crippen LogP contribution < -0.4 is 10.5 Å². The van der Waals surface area contributed by atoms with Crippen LogP contribution in [0.15, 0.2) is 46.3 Å². The van der Waals surface area contributed by atoms with E-state index in [1.54, 1.807) is 11.8 Å². The average Bonchev–Trinajstić information content (AvgIpc) is 2.36. The monoisotopic (exact) mass is 260 g/mol. The Morgan fingerprint density at radius 2 is 2.00 bits per heavy atom. The van der Waals surface area contributed by atoms with Gasteiger partial charge >= 0.3 is 0 Å². The SMILES string of the molecule is CCOc1nc(Sc2ccccc2C)ccc1N. The molecule has 0 atom stereocenters. The van der Waals surface area contributed by atoms with E-state index in [9.17, 15) is 0 Å². The van der Waals surface area contributed by atoms with E-state index in [0.29, 0.717) is 18.2 Å². The third-order valence-electron chi connectivity index (χ3n) is 2.45. The summed E-state index contributed by atoms with van der Waals surface area (Å²) in [5.41, 5.74) is 7.61. The molecule has 0 unspecified atom stereocenters. The molecule has 1 aromatic carbocycles. The Morgan fingerprint density at radius 3 is 2.72 bits per heavy atom. The molecule has 2 N–H and O–H groups in total. The number of nitrogens with two attached hydrogens (primary N) is 1. The molecule has 0 spiro atoms. The second-order valence-electron chi connectivity index (χ2n) is 3.84. The van der Waals surface area contributed by atoms with E-state index < -0.39 is 0 Å². The van der Waals surface area contributed by atoms with E-state index in [4.69, 9.17) is 10.5 Å². The second-order valence-corrected chi connectivity index (χ2v) is 4.91. The maximum Gasteiger partial charge on any atom is 0.238 e. The van der Waals surface area contributed by atoms with Gasteiger partial charge in [-0.25, -0.2) is 4.98 Å². The second kappa shape index (κ2) is 5.78. The molecule has 94 valence electrons. The van der Waals surface area contributed by atoms with Gasteiger partial charge in [-0.15, -0.1) is 0 Å². The minimum absolute atomic E-state index is 0.510. The smallest absolute Gasteiger partial charge is 0.238 e. The maximum atomic E-state index is 5.80. The van der Waals surface area contributed by atoms with Gasteiger partial charge in [0.2, 0.25) is 5.88 Å². The summed E-state index contributed by atoms with van der Waals surface area (Å²) in [5.74, 6) is 0.510.